The van der Waals surface area contributed by atoms with E-state index < -0.39 is 17.9 Å². The molecule has 4 aromatic rings. The van der Waals surface area contributed by atoms with Crippen LogP contribution in [0.2, 0.25) is 0 Å². The van der Waals surface area contributed by atoms with Crippen molar-refractivity contribution in [3.05, 3.63) is 107 Å². The molecule has 7 heteroatoms. The third-order valence-electron chi connectivity index (χ3n) is 6.38. The first kappa shape index (κ1) is 29.5. The van der Waals surface area contributed by atoms with Crippen LogP contribution in [0.5, 0.6) is 0 Å². The normalized spacial score (nSPS) is 11.5. The molecular formula is C31H32LiNO4S. The van der Waals surface area contributed by atoms with E-state index in [-0.39, 0.29) is 20.3 Å². The van der Waals surface area contributed by atoms with Gasteiger partial charge in [-0.25, -0.2) is 4.79 Å². The molecule has 4 rings (SSSR count). The number of carboxylic acids is 1. The van der Waals surface area contributed by atoms with Crippen molar-refractivity contribution in [1.82, 2.24) is 5.32 Å². The maximum atomic E-state index is 13.3. The van der Waals surface area contributed by atoms with E-state index in [1.165, 1.54) is 10.8 Å². The van der Waals surface area contributed by atoms with Crippen LogP contribution in [0.15, 0.2) is 84.9 Å². The summed E-state index contributed by atoms with van der Waals surface area (Å²) in [5.41, 5.74) is 5.23. The fourth-order valence-corrected chi connectivity index (χ4v) is 4.87. The molecule has 0 unspecified atom stereocenters. The fourth-order valence-electron chi connectivity index (χ4n) is 4.40. The average molecular weight is 522 g/mol. The fraction of sp³-hybridized carbons (Fsp3) is 0.226. The first-order chi connectivity index (χ1) is 18.0. The van der Waals surface area contributed by atoms with E-state index in [1.54, 1.807) is 17.8 Å². The van der Waals surface area contributed by atoms with Crippen molar-refractivity contribution in [1.29, 1.82) is 0 Å². The van der Waals surface area contributed by atoms with Crippen LogP contribution in [0.1, 0.15) is 34.9 Å². The van der Waals surface area contributed by atoms with Crippen molar-refractivity contribution in [3.8, 4) is 11.1 Å². The first-order valence-corrected chi connectivity index (χ1v) is 13.6. The van der Waals surface area contributed by atoms with Gasteiger partial charge < -0.3 is 16.6 Å². The van der Waals surface area contributed by atoms with Crippen LogP contribution in [0.25, 0.3) is 21.9 Å². The van der Waals surface area contributed by atoms with Gasteiger partial charge in [0.25, 0.3) is 5.91 Å². The van der Waals surface area contributed by atoms with Gasteiger partial charge in [0, 0.05) is 5.56 Å². The van der Waals surface area contributed by atoms with Crippen LogP contribution in [0.4, 0.5) is 0 Å². The number of thioether (sulfide) groups is 1. The predicted molar refractivity (Wildman–Crippen MR) is 152 cm³/mol. The van der Waals surface area contributed by atoms with E-state index in [0.29, 0.717) is 31.0 Å². The number of nitrogens with one attached hydrogen (secondary N) is 1. The van der Waals surface area contributed by atoms with E-state index in [9.17, 15) is 14.7 Å². The van der Waals surface area contributed by atoms with Gasteiger partial charge in [-0.05, 0) is 76.1 Å². The van der Waals surface area contributed by atoms with E-state index in [1.807, 2.05) is 67.8 Å². The molecule has 0 aliphatic heterocycles. The van der Waals surface area contributed by atoms with Gasteiger partial charge in [0.05, 0.1) is 13.2 Å². The van der Waals surface area contributed by atoms with E-state index in [4.69, 9.17) is 4.74 Å². The Hall–Kier alpha value is -3.01. The van der Waals surface area contributed by atoms with Crippen LogP contribution < -0.4 is 24.2 Å². The standard InChI is InChI=1S/C31H31NO4S.Li.H/c1-21-8-3-5-12-25(21)28-18-22(14-15-27(28)30(33)32-29(31(34)35)16-17-37-2)19-36-20-24-11-7-10-23-9-4-6-13-26(23)24;;/h3-15,18,29H,16-17,19-20H2,1-2H3,(H,32,33)(H,34,35);;/q;+1;-1/t29-;;/m0../s1. The molecular weight excluding hydrogens is 489 g/mol. The van der Waals surface area contributed by atoms with Crippen molar-refractivity contribution < 1.29 is 39.7 Å². The Bertz CT molecular complexity index is 1410. The molecule has 2 N–H and O–H groups in total. The molecule has 0 radical (unpaired) electrons. The number of hydrogen-bond donors (Lipinski definition) is 2. The van der Waals surface area contributed by atoms with Crippen LogP contribution in [-0.2, 0) is 22.7 Å². The minimum atomic E-state index is -1.03. The van der Waals surface area contributed by atoms with Crippen molar-refractivity contribution in [2.45, 2.75) is 32.6 Å². The van der Waals surface area contributed by atoms with Gasteiger partial charge in [0.1, 0.15) is 6.04 Å². The zero-order chi connectivity index (χ0) is 26.2. The molecule has 0 aromatic heterocycles. The SMILES string of the molecule is CSCC[C@H](NC(=O)c1ccc(COCc2cccc3ccccc23)cc1-c1ccccc1C)C(=O)O.[H-].[Li+]. The topological polar surface area (TPSA) is 75.6 Å². The summed E-state index contributed by atoms with van der Waals surface area (Å²) in [7, 11) is 0. The first-order valence-electron chi connectivity index (χ1n) is 12.2. The van der Waals surface area contributed by atoms with Crippen molar-refractivity contribution >= 4 is 34.4 Å². The summed E-state index contributed by atoms with van der Waals surface area (Å²) in [4.78, 5) is 25.0. The second-order valence-electron chi connectivity index (χ2n) is 8.97. The van der Waals surface area contributed by atoms with Gasteiger partial charge in [0.15, 0.2) is 0 Å². The monoisotopic (exact) mass is 521 g/mol. The van der Waals surface area contributed by atoms with Gasteiger partial charge in [-0.3, -0.25) is 4.79 Å². The number of fused-ring (bicyclic) bond motifs is 1. The summed E-state index contributed by atoms with van der Waals surface area (Å²) >= 11 is 1.55. The zero-order valence-electron chi connectivity index (χ0n) is 23.1. The Morgan fingerprint density at radius 1 is 0.947 bits per heavy atom. The number of hydrogen-bond acceptors (Lipinski definition) is 4. The number of benzene rings is 4. The van der Waals surface area contributed by atoms with Gasteiger partial charge in [-0.2, -0.15) is 11.8 Å². The Kier molecular flexibility index (Phi) is 11.1. The maximum absolute atomic E-state index is 13.3. The quantitative estimate of drug-likeness (QED) is 0.295. The predicted octanol–water partition coefficient (Wildman–Crippen LogP) is 3.58. The summed E-state index contributed by atoms with van der Waals surface area (Å²) in [6.07, 6.45) is 2.28. The van der Waals surface area contributed by atoms with Crippen LogP contribution in [0, 0.1) is 6.92 Å². The van der Waals surface area contributed by atoms with E-state index in [2.05, 4.69) is 29.6 Å². The molecule has 0 heterocycles. The zero-order valence-corrected chi connectivity index (χ0v) is 22.9. The Labute approximate surface area is 241 Å². The molecule has 0 saturated carbocycles. The largest absolute Gasteiger partial charge is 1.00 e. The number of carbonyl (C=O) groups excluding carboxylic acids is 1. The molecule has 0 fully saturated rings. The van der Waals surface area contributed by atoms with Crippen molar-refractivity contribution in [2.24, 2.45) is 0 Å². The van der Waals surface area contributed by atoms with Crippen LogP contribution in [0.3, 0.4) is 0 Å². The minimum Gasteiger partial charge on any atom is -1.00 e. The Balaban J connectivity index is 0.00000267. The Morgan fingerprint density at radius 3 is 2.45 bits per heavy atom. The summed E-state index contributed by atoms with van der Waals surface area (Å²) in [6, 6.07) is 27.0. The molecule has 0 bridgehead atoms. The third kappa shape index (κ3) is 7.30. The number of aliphatic carboxylic acids is 1. The molecule has 0 spiro atoms. The summed E-state index contributed by atoms with van der Waals surface area (Å²) in [5, 5.41) is 14.7. The Morgan fingerprint density at radius 2 is 1.68 bits per heavy atom. The summed E-state index contributed by atoms with van der Waals surface area (Å²) in [5.74, 6) is -0.775. The molecule has 0 aliphatic rings. The smallest absolute Gasteiger partial charge is 1.00 e. The number of amides is 1. The molecule has 4 aromatic carbocycles. The average Bonchev–Trinajstić information content (AvgIpc) is 2.91. The number of ether oxygens (including phenoxy) is 1. The second kappa shape index (κ2) is 14.2. The summed E-state index contributed by atoms with van der Waals surface area (Å²) < 4.78 is 6.10. The molecule has 0 saturated heterocycles. The second-order valence-corrected chi connectivity index (χ2v) is 9.96. The number of rotatable bonds is 11. The molecule has 1 amide bonds. The van der Waals surface area contributed by atoms with Crippen molar-refractivity contribution in [3.63, 3.8) is 0 Å². The number of carboxylic acid groups (broad SMARTS) is 1. The van der Waals surface area contributed by atoms with Crippen molar-refractivity contribution in [2.75, 3.05) is 12.0 Å². The summed E-state index contributed by atoms with van der Waals surface area (Å²) in [6.45, 7) is 2.85. The molecule has 192 valence electrons. The van der Waals surface area contributed by atoms with Gasteiger partial charge in [-0.15, -0.1) is 0 Å². The number of aryl methyl sites for hydroxylation is 1. The minimum absolute atomic E-state index is 0. The maximum Gasteiger partial charge on any atom is 1.00 e. The molecule has 38 heavy (non-hydrogen) atoms. The van der Waals surface area contributed by atoms with Gasteiger partial charge in [0.2, 0.25) is 0 Å². The third-order valence-corrected chi connectivity index (χ3v) is 7.03. The van der Waals surface area contributed by atoms with E-state index >= 15 is 0 Å². The van der Waals surface area contributed by atoms with Gasteiger partial charge in [-0.1, -0.05) is 72.8 Å². The van der Waals surface area contributed by atoms with Gasteiger partial charge >= 0.3 is 24.8 Å². The van der Waals surface area contributed by atoms with Crippen LogP contribution >= 0.6 is 11.8 Å². The molecule has 5 nitrogen and oxygen atoms in total. The molecule has 0 aliphatic carbocycles. The van der Waals surface area contributed by atoms with E-state index in [0.717, 1.165) is 27.8 Å². The van der Waals surface area contributed by atoms with Crippen LogP contribution in [-0.4, -0.2) is 35.0 Å². The number of carbonyl (C=O) groups is 2. The molecule has 1 atom stereocenters.